The molecule has 0 saturated carbocycles. The fourth-order valence-corrected chi connectivity index (χ4v) is 2.70. The minimum atomic E-state index is -0.935. The smallest absolute Gasteiger partial charge is 0.308 e. The first-order chi connectivity index (χ1) is 12.4. The summed E-state index contributed by atoms with van der Waals surface area (Å²) in [6.45, 7) is 2.62. The zero-order valence-electron chi connectivity index (χ0n) is 13.8. The molecule has 0 N–H and O–H groups in total. The van der Waals surface area contributed by atoms with E-state index in [1.165, 1.54) is 19.9 Å². The fraction of sp³-hybridized carbons (Fsp3) is 0.176. The number of hydrazone groups is 1. The van der Waals surface area contributed by atoms with Gasteiger partial charge in [-0.2, -0.15) is 5.01 Å². The Morgan fingerprint density at radius 2 is 1.88 bits per heavy atom. The molecule has 3 rings (SSSR count). The van der Waals surface area contributed by atoms with Crippen LogP contribution in [0.5, 0.6) is 5.75 Å². The van der Waals surface area contributed by atoms with Gasteiger partial charge in [0.05, 0.1) is 10.6 Å². The predicted molar refractivity (Wildman–Crippen MR) is 94.9 cm³/mol. The van der Waals surface area contributed by atoms with E-state index in [2.05, 4.69) is 10.1 Å². The van der Waals surface area contributed by atoms with Crippen molar-refractivity contribution in [3.8, 4) is 5.75 Å². The summed E-state index contributed by atoms with van der Waals surface area (Å²) in [5.41, 5.74) is 0.660. The molecule has 1 atom stereocenters. The maximum absolute atomic E-state index is 12.0. The Bertz CT molecular complexity index is 917. The number of benzene rings is 1. The van der Waals surface area contributed by atoms with Crippen LogP contribution in [0.1, 0.15) is 31.3 Å². The average Bonchev–Trinajstić information content (AvgIpc) is 3.02. The number of para-hydroxylation sites is 1. The molecule has 7 nitrogen and oxygen atoms in total. The van der Waals surface area contributed by atoms with E-state index < -0.39 is 12.2 Å². The molecule has 1 aromatic heterocycles. The second kappa shape index (κ2) is 7.31. The van der Waals surface area contributed by atoms with Crippen LogP contribution >= 0.6 is 23.2 Å². The number of nitrogens with zero attached hydrogens (tertiary/aromatic N) is 3. The number of hydrogen-bond donors (Lipinski definition) is 0. The predicted octanol–water partition coefficient (Wildman–Crippen LogP) is 3.55. The molecule has 0 aliphatic carbocycles. The molecule has 0 fully saturated rings. The lowest BCUT2D eigenvalue weighted by Gasteiger charge is -2.21. The van der Waals surface area contributed by atoms with E-state index in [-0.39, 0.29) is 33.4 Å². The number of hydrogen-bond acceptors (Lipinski definition) is 6. The van der Waals surface area contributed by atoms with Crippen LogP contribution in [0.15, 0.2) is 41.5 Å². The SMILES string of the molecule is CC(=O)Oc1ccccc1[C@@H]1OC(c2nc(Cl)ccc2Cl)=NN1C(C)=O. The first-order valence-electron chi connectivity index (χ1n) is 7.51. The molecule has 1 aromatic carbocycles. The molecule has 134 valence electrons. The van der Waals surface area contributed by atoms with Gasteiger partial charge in [-0.25, -0.2) is 4.98 Å². The van der Waals surface area contributed by atoms with Crippen molar-refractivity contribution in [2.75, 3.05) is 0 Å². The Hall–Kier alpha value is -2.64. The molecule has 1 aliphatic heterocycles. The molecule has 26 heavy (non-hydrogen) atoms. The summed E-state index contributed by atoms with van der Waals surface area (Å²) in [5, 5.41) is 5.76. The van der Waals surface area contributed by atoms with Crippen LogP contribution in [0, 0.1) is 0 Å². The Kier molecular flexibility index (Phi) is 5.11. The number of aromatic nitrogens is 1. The zero-order valence-corrected chi connectivity index (χ0v) is 15.3. The lowest BCUT2D eigenvalue weighted by Crippen LogP contribution is -2.26. The van der Waals surface area contributed by atoms with E-state index in [0.29, 0.717) is 5.56 Å². The molecule has 0 unspecified atom stereocenters. The van der Waals surface area contributed by atoms with Gasteiger partial charge in [-0.1, -0.05) is 35.3 Å². The highest BCUT2D eigenvalue weighted by atomic mass is 35.5. The van der Waals surface area contributed by atoms with E-state index >= 15 is 0 Å². The minimum Gasteiger partial charge on any atom is -0.444 e. The number of pyridine rings is 1. The monoisotopic (exact) mass is 393 g/mol. The second-order valence-electron chi connectivity index (χ2n) is 5.33. The van der Waals surface area contributed by atoms with Gasteiger partial charge in [0, 0.05) is 13.8 Å². The number of rotatable bonds is 3. The third kappa shape index (κ3) is 3.63. The van der Waals surface area contributed by atoms with Crippen LogP contribution in [0.2, 0.25) is 10.2 Å². The molecule has 0 spiro atoms. The van der Waals surface area contributed by atoms with Gasteiger partial charge in [-0.05, 0) is 24.3 Å². The van der Waals surface area contributed by atoms with Gasteiger partial charge >= 0.3 is 5.97 Å². The highest BCUT2D eigenvalue weighted by Crippen LogP contribution is 2.36. The molecule has 1 amide bonds. The quantitative estimate of drug-likeness (QED) is 0.452. The number of carbonyl (C=O) groups is 2. The third-order valence-electron chi connectivity index (χ3n) is 3.42. The summed E-state index contributed by atoms with van der Waals surface area (Å²) < 4.78 is 11.0. The molecule has 0 radical (unpaired) electrons. The van der Waals surface area contributed by atoms with Gasteiger partial charge in [-0.15, -0.1) is 5.10 Å². The lowest BCUT2D eigenvalue weighted by atomic mass is 10.1. The van der Waals surface area contributed by atoms with Gasteiger partial charge in [0.15, 0.2) is 0 Å². The maximum Gasteiger partial charge on any atom is 0.308 e. The van der Waals surface area contributed by atoms with E-state index in [1.807, 2.05) is 0 Å². The topological polar surface area (TPSA) is 81.1 Å². The number of esters is 1. The van der Waals surface area contributed by atoms with Crippen LogP contribution < -0.4 is 4.74 Å². The number of ether oxygens (including phenoxy) is 2. The van der Waals surface area contributed by atoms with Gasteiger partial charge in [0.1, 0.15) is 16.6 Å². The highest BCUT2D eigenvalue weighted by Gasteiger charge is 2.36. The van der Waals surface area contributed by atoms with Gasteiger partial charge in [0.2, 0.25) is 12.1 Å². The first kappa shape index (κ1) is 18.2. The largest absolute Gasteiger partial charge is 0.444 e. The molecule has 1 aliphatic rings. The molecule has 0 bridgehead atoms. The third-order valence-corrected chi connectivity index (χ3v) is 3.94. The van der Waals surface area contributed by atoms with E-state index in [0.717, 1.165) is 5.01 Å². The maximum atomic E-state index is 12.0. The van der Waals surface area contributed by atoms with Crippen LogP contribution in [0.25, 0.3) is 0 Å². The fourth-order valence-electron chi connectivity index (χ4n) is 2.36. The average molecular weight is 394 g/mol. The molecular weight excluding hydrogens is 381 g/mol. The van der Waals surface area contributed by atoms with Crippen molar-refractivity contribution in [3.63, 3.8) is 0 Å². The van der Waals surface area contributed by atoms with Gasteiger partial charge in [-0.3, -0.25) is 9.59 Å². The van der Waals surface area contributed by atoms with Crippen molar-refractivity contribution in [2.45, 2.75) is 20.1 Å². The minimum absolute atomic E-state index is 0.0373. The number of amides is 1. The van der Waals surface area contributed by atoms with Crippen LogP contribution in [0.4, 0.5) is 0 Å². The van der Waals surface area contributed by atoms with Crippen molar-refractivity contribution in [1.82, 2.24) is 9.99 Å². The van der Waals surface area contributed by atoms with Gasteiger partial charge < -0.3 is 9.47 Å². The molecular formula is C17H13Cl2N3O4. The van der Waals surface area contributed by atoms with E-state index in [9.17, 15) is 9.59 Å². The Morgan fingerprint density at radius 3 is 2.58 bits per heavy atom. The van der Waals surface area contributed by atoms with Crippen molar-refractivity contribution in [1.29, 1.82) is 0 Å². The first-order valence-corrected chi connectivity index (χ1v) is 8.27. The Morgan fingerprint density at radius 1 is 1.15 bits per heavy atom. The standard InChI is InChI=1S/C17H13Cl2N3O4/c1-9(23)22-17(11-5-3-4-6-13(11)25-10(2)24)26-16(21-22)15-12(18)7-8-14(19)20-15/h3-8,17H,1-2H3/t17-/m0/s1. The molecule has 2 aromatic rings. The normalized spacial score (nSPS) is 16.1. The van der Waals surface area contributed by atoms with E-state index in [4.69, 9.17) is 32.7 Å². The lowest BCUT2D eigenvalue weighted by molar-refractivity contribution is -0.135. The second-order valence-corrected chi connectivity index (χ2v) is 6.13. The Balaban J connectivity index is 2.02. The number of carbonyl (C=O) groups excluding carboxylic acids is 2. The summed E-state index contributed by atoms with van der Waals surface area (Å²) in [6.07, 6.45) is -0.935. The molecule has 0 saturated heterocycles. The van der Waals surface area contributed by atoms with E-state index in [1.54, 1.807) is 30.3 Å². The summed E-state index contributed by atoms with van der Waals surface area (Å²) in [6, 6.07) is 9.78. The van der Waals surface area contributed by atoms with Crippen molar-refractivity contribution >= 4 is 41.0 Å². The summed E-state index contributed by atoms with van der Waals surface area (Å²) >= 11 is 12.1. The molecule has 2 heterocycles. The summed E-state index contributed by atoms with van der Waals surface area (Å²) in [7, 11) is 0. The summed E-state index contributed by atoms with van der Waals surface area (Å²) in [5.74, 6) is -0.570. The van der Waals surface area contributed by atoms with Crippen LogP contribution in [0.3, 0.4) is 0 Å². The zero-order chi connectivity index (χ0) is 18.8. The Labute approximate surface area is 159 Å². The van der Waals surface area contributed by atoms with Gasteiger partial charge in [0.25, 0.3) is 5.90 Å². The van der Waals surface area contributed by atoms with Crippen molar-refractivity contribution in [2.24, 2.45) is 5.10 Å². The summed E-state index contributed by atoms with van der Waals surface area (Å²) in [4.78, 5) is 27.5. The van der Waals surface area contributed by atoms with Crippen molar-refractivity contribution < 1.29 is 19.1 Å². The van der Waals surface area contributed by atoms with Crippen LogP contribution in [-0.2, 0) is 14.3 Å². The highest BCUT2D eigenvalue weighted by molar-refractivity contribution is 6.34. The van der Waals surface area contributed by atoms with Crippen LogP contribution in [-0.4, -0.2) is 27.8 Å². The van der Waals surface area contributed by atoms with Crippen molar-refractivity contribution in [3.05, 3.63) is 57.8 Å². The molecule has 9 heteroatoms. The number of halogens is 2.